The molecule has 0 bridgehead atoms. The van der Waals surface area contributed by atoms with Crippen molar-refractivity contribution in [1.29, 1.82) is 0 Å². The molecule has 2 aromatic rings. The summed E-state index contributed by atoms with van der Waals surface area (Å²) in [5.74, 6) is -1.39. The summed E-state index contributed by atoms with van der Waals surface area (Å²) < 4.78 is 27.7. The topological polar surface area (TPSA) is 89.5 Å². The van der Waals surface area contributed by atoms with Crippen LogP contribution in [0.15, 0.2) is 42.5 Å². The molecule has 0 fully saturated rings. The summed E-state index contributed by atoms with van der Waals surface area (Å²) in [7, 11) is -3.21. The van der Waals surface area contributed by atoms with Gasteiger partial charge in [0.15, 0.2) is 16.4 Å². The highest BCUT2D eigenvalue weighted by molar-refractivity contribution is 7.89. The van der Waals surface area contributed by atoms with Crippen molar-refractivity contribution in [2.75, 3.05) is 18.2 Å². The SMILES string of the molecule is Cc1c(Cl)cccc1NC(=O)COC(=O)c1cccc(CS(C)(=O)=O)c1. The van der Waals surface area contributed by atoms with Crippen LogP contribution in [0.3, 0.4) is 0 Å². The van der Waals surface area contributed by atoms with Crippen LogP contribution < -0.4 is 5.32 Å². The van der Waals surface area contributed by atoms with Gasteiger partial charge in [-0.2, -0.15) is 0 Å². The second-order valence-corrected chi connectivity index (χ2v) is 8.35. The van der Waals surface area contributed by atoms with Crippen LogP contribution in [0.1, 0.15) is 21.5 Å². The summed E-state index contributed by atoms with van der Waals surface area (Å²) in [5.41, 5.74) is 1.90. The maximum atomic E-state index is 12.1. The van der Waals surface area contributed by atoms with Crippen LogP contribution in [0.4, 0.5) is 5.69 Å². The van der Waals surface area contributed by atoms with Crippen molar-refractivity contribution in [3.8, 4) is 0 Å². The van der Waals surface area contributed by atoms with Crippen molar-refractivity contribution in [2.45, 2.75) is 12.7 Å². The Morgan fingerprint density at radius 3 is 2.54 bits per heavy atom. The molecule has 0 aliphatic rings. The Kier molecular flexibility index (Phi) is 6.39. The number of hydrogen-bond acceptors (Lipinski definition) is 5. The first-order chi connectivity index (χ1) is 12.2. The average molecular weight is 396 g/mol. The van der Waals surface area contributed by atoms with E-state index in [2.05, 4.69) is 5.32 Å². The van der Waals surface area contributed by atoms with E-state index in [9.17, 15) is 18.0 Å². The second-order valence-electron chi connectivity index (χ2n) is 5.81. The monoisotopic (exact) mass is 395 g/mol. The Balaban J connectivity index is 1.97. The van der Waals surface area contributed by atoms with Crippen LogP contribution in [0, 0.1) is 6.92 Å². The molecule has 1 amide bonds. The summed E-state index contributed by atoms with van der Waals surface area (Å²) >= 11 is 5.99. The number of ether oxygens (including phenoxy) is 1. The zero-order valence-electron chi connectivity index (χ0n) is 14.3. The first kappa shape index (κ1) is 19.9. The first-order valence-electron chi connectivity index (χ1n) is 7.64. The quantitative estimate of drug-likeness (QED) is 0.759. The van der Waals surface area contributed by atoms with Gasteiger partial charge >= 0.3 is 5.97 Å². The minimum Gasteiger partial charge on any atom is -0.452 e. The van der Waals surface area contributed by atoms with Crippen LogP contribution in [-0.2, 0) is 25.1 Å². The molecule has 1 N–H and O–H groups in total. The third kappa shape index (κ3) is 5.86. The number of rotatable bonds is 6. The van der Waals surface area contributed by atoms with E-state index in [1.807, 2.05) is 0 Å². The summed E-state index contributed by atoms with van der Waals surface area (Å²) in [4.78, 5) is 24.0. The molecule has 0 saturated carbocycles. The zero-order valence-corrected chi connectivity index (χ0v) is 15.9. The Morgan fingerprint density at radius 1 is 1.15 bits per heavy atom. The largest absolute Gasteiger partial charge is 0.452 e. The summed E-state index contributed by atoms with van der Waals surface area (Å²) in [6.07, 6.45) is 1.11. The molecule has 0 radical (unpaired) electrons. The molecule has 138 valence electrons. The molecule has 2 rings (SSSR count). The molecular formula is C18H18ClNO5S. The maximum Gasteiger partial charge on any atom is 0.338 e. The van der Waals surface area contributed by atoms with Crippen LogP contribution in [0.25, 0.3) is 0 Å². The fourth-order valence-electron chi connectivity index (χ4n) is 2.23. The van der Waals surface area contributed by atoms with E-state index in [4.69, 9.17) is 16.3 Å². The second kappa shape index (κ2) is 8.33. The minimum atomic E-state index is -3.21. The van der Waals surface area contributed by atoms with Gasteiger partial charge in [-0.1, -0.05) is 29.8 Å². The lowest BCUT2D eigenvalue weighted by Crippen LogP contribution is -2.21. The highest BCUT2D eigenvalue weighted by Crippen LogP contribution is 2.22. The normalized spacial score (nSPS) is 11.0. The molecule has 0 aliphatic carbocycles. The van der Waals surface area contributed by atoms with E-state index < -0.39 is 28.3 Å². The van der Waals surface area contributed by atoms with Gasteiger partial charge in [0.05, 0.1) is 11.3 Å². The van der Waals surface area contributed by atoms with E-state index >= 15 is 0 Å². The van der Waals surface area contributed by atoms with Crippen LogP contribution in [-0.4, -0.2) is 33.2 Å². The van der Waals surface area contributed by atoms with Crippen molar-refractivity contribution < 1.29 is 22.7 Å². The number of sulfone groups is 1. The molecule has 0 atom stereocenters. The Labute approximate surface area is 157 Å². The lowest BCUT2D eigenvalue weighted by atomic mass is 10.1. The Bertz CT molecular complexity index is 940. The first-order valence-corrected chi connectivity index (χ1v) is 10.1. The van der Waals surface area contributed by atoms with Crippen LogP contribution in [0.5, 0.6) is 0 Å². The fourth-order valence-corrected chi connectivity index (χ4v) is 3.19. The number of carbonyl (C=O) groups excluding carboxylic acids is 2. The van der Waals surface area contributed by atoms with Crippen molar-refractivity contribution >= 4 is 39.0 Å². The Hall–Kier alpha value is -2.38. The average Bonchev–Trinajstić information content (AvgIpc) is 2.55. The van der Waals surface area contributed by atoms with Gasteiger partial charge in [-0.15, -0.1) is 0 Å². The van der Waals surface area contributed by atoms with Crippen molar-refractivity contribution in [3.63, 3.8) is 0 Å². The third-order valence-corrected chi connectivity index (χ3v) is 4.73. The summed E-state index contributed by atoms with van der Waals surface area (Å²) in [6.45, 7) is 1.29. The maximum absolute atomic E-state index is 12.1. The van der Waals surface area contributed by atoms with E-state index in [0.29, 0.717) is 21.8 Å². The molecule has 6 nitrogen and oxygen atoms in total. The molecule has 0 saturated heterocycles. The number of amides is 1. The Morgan fingerprint density at radius 2 is 1.85 bits per heavy atom. The lowest BCUT2D eigenvalue weighted by Gasteiger charge is -2.10. The fraction of sp³-hybridized carbons (Fsp3) is 0.222. The number of nitrogens with one attached hydrogen (secondary N) is 1. The predicted molar refractivity (Wildman–Crippen MR) is 100 cm³/mol. The van der Waals surface area contributed by atoms with Gasteiger partial charge in [-0.05, 0) is 42.3 Å². The van der Waals surface area contributed by atoms with Crippen molar-refractivity contribution in [2.24, 2.45) is 0 Å². The molecule has 0 aliphatic heterocycles. The van der Waals surface area contributed by atoms with Gasteiger partial charge < -0.3 is 10.1 Å². The highest BCUT2D eigenvalue weighted by atomic mass is 35.5. The molecule has 2 aromatic carbocycles. The van der Waals surface area contributed by atoms with Gasteiger partial charge in [-0.3, -0.25) is 4.79 Å². The van der Waals surface area contributed by atoms with Gasteiger partial charge in [0.1, 0.15) is 0 Å². The van der Waals surface area contributed by atoms with Crippen LogP contribution in [0.2, 0.25) is 5.02 Å². The van der Waals surface area contributed by atoms with E-state index in [1.165, 1.54) is 12.1 Å². The van der Waals surface area contributed by atoms with Crippen molar-refractivity contribution in [3.05, 3.63) is 64.2 Å². The van der Waals surface area contributed by atoms with E-state index in [1.54, 1.807) is 37.3 Å². The predicted octanol–water partition coefficient (Wildman–Crippen LogP) is 2.99. The molecule has 8 heteroatoms. The van der Waals surface area contributed by atoms with Crippen LogP contribution >= 0.6 is 11.6 Å². The van der Waals surface area contributed by atoms with Gasteiger partial charge in [0.2, 0.25) is 0 Å². The number of benzene rings is 2. The number of esters is 1. The van der Waals surface area contributed by atoms with Crippen molar-refractivity contribution in [1.82, 2.24) is 0 Å². The molecule has 0 unspecified atom stereocenters. The summed E-state index contributed by atoms with van der Waals surface area (Å²) in [5, 5.41) is 3.14. The number of halogens is 1. The summed E-state index contributed by atoms with van der Waals surface area (Å²) in [6, 6.07) is 11.2. The van der Waals surface area contributed by atoms with E-state index in [0.717, 1.165) is 6.26 Å². The minimum absolute atomic E-state index is 0.178. The zero-order chi connectivity index (χ0) is 19.3. The lowest BCUT2D eigenvalue weighted by molar-refractivity contribution is -0.119. The van der Waals surface area contributed by atoms with E-state index in [-0.39, 0.29) is 11.3 Å². The van der Waals surface area contributed by atoms with Gasteiger partial charge in [0, 0.05) is 17.0 Å². The molecule has 0 spiro atoms. The van der Waals surface area contributed by atoms with Gasteiger partial charge in [0.25, 0.3) is 5.91 Å². The molecule has 26 heavy (non-hydrogen) atoms. The molecule has 0 heterocycles. The molecule has 0 aromatic heterocycles. The smallest absolute Gasteiger partial charge is 0.338 e. The number of anilines is 1. The van der Waals surface area contributed by atoms with Gasteiger partial charge in [-0.25, -0.2) is 13.2 Å². The standard InChI is InChI=1S/C18H18ClNO5S/c1-12-15(19)7-4-8-16(12)20-17(21)10-25-18(22)14-6-3-5-13(9-14)11-26(2,23)24/h3-9H,10-11H2,1-2H3,(H,20,21). The number of hydrogen-bond donors (Lipinski definition) is 1. The number of carbonyl (C=O) groups is 2. The highest BCUT2D eigenvalue weighted by Gasteiger charge is 2.13. The molecular weight excluding hydrogens is 378 g/mol. The third-order valence-electron chi connectivity index (χ3n) is 3.47.